The maximum absolute atomic E-state index is 12.5. The Kier molecular flexibility index (Phi) is 3.38. The van der Waals surface area contributed by atoms with Crippen LogP contribution in [-0.4, -0.2) is 22.0 Å². The van der Waals surface area contributed by atoms with Crippen molar-refractivity contribution in [3.05, 3.63) is 35.9 Å². The Balaban J connectivity index is 2.20. The van der Waals surface area contributed by atoms with Gasteiger partial charge in [0.25, 0.3) is 0 Å². The quantitative estimate of drug-likeness (QED) is 0.581. The normalized spacial score (nSPS) is 17.6. The Hall–Kier alpha value is -0.760. The second-order valence-electron chi connectivity index (χ2n) is 4.81. The van der Waals surface area contributed by atoms with Crippen molar-refractivity contribution in [1.29, 1.82) is 0 Å². The zero-order valence-electron chi connectivity index (χ0n) is 10.0. The first kappa shape index (κ1) is 11.7. The van der Waals surface area contributed by atoms with Crippen molar-refractivity contribution in [2.75, 3.05) is 11.5 Å². The van der Waals surface area contributed by atoms with Gasteiger partial charge in [-0.3, -0.25) is 4.79 Å². The molecule has 16 heavy (non-hydrogen) atoms. The summed E-state index contributed by atoms with van der Waals surface area (Å²) in [6, 6.07) is 9.72. The molecule has 0 spiro atoms. The molecule has 1 aliphatic heterocycles. The van der Waals surface area contributed by atoms with E-state index in [9.17, 15) is 4.79 Å². The first-order valence-electron chi connectivity index (χ1n) is 5.90. The molecule has 0 bridgehead atoms. The summed E-state index contributed by atoms with van der Waals surface area (Å²) < 4.78 is -0.169. The molecule has 0 atom stereocenters. The molecule has 1 aromatic carbocycles. The third-order valence-electron chi connectivity index (χ3n) is 3.34. The molecule has 0 radical (unpaired) electrons. The van der Waals surface area contributed by atoms with Gasteiger partial charge in [0, 0.05) is 16.5 Å². The molecule has 0 saturated carbocycles. The highest BCUT2D eigenvalue weighted by molar-refractivity contribution is 7.99. The zero-order valence-corrected chi connectivity index (χ0v) is 10.8. The summed E-state index contributed by atoms with van der Waals surface area (Å²) >= 11 is 0. The Morgan fingerprint density at radius 3 is 2.25 bits per heavy atom. The summed E-state index contributed by atoms with van der Waals surface area (Å²) in [7, 11) is 0.282. The van der Waals surface area contributed by atoms with Crippen LogP contribution in [0.2, 0.25) is 0 Å². The van der Waals surface area contributed by atoms with E-state index in [1.54, 1.807) is 0 Å². The molecule has 2 heteroatoms. The molecule has 0 aromatic heterocycles. The van der Waals surface area contributed by atoms with Crippen molar-refractivity contribution in [3.63, 3.8) is 0 Å². The highest BCUT2D eigenvalue weighted by atomic mass is 32.2. The third-order valence-corrected chi connectivity index (χ3v) is 6.53. The number of rotatable bonds is 3. The average molecular weight is 235 g/mol. The molecule has 1 fully saturated rings. The van der Waals surface area contributed by atoms with E-state index in [1.165, 1.54) is 24.3 Å². The fourth-order valence-electron chi connectivity index (χ4n) is 2.23. The van der Waals surface area contributed by atoms with Crippen LogP contribution in [-0.2, 0) is 10.9 Å². The fraction of sp³-hybridized carbons (Fsp3) is 0.500. The predicted molar refractivity (Wildman–Crippen MR) is 71.2 cm³/mol. The van der Waals surface area contributed by atoms with Gasteiger partial charge in [0.1, 0.15) is 11.5 Å². The van der Waals surface area contributed by atoms with Crippen LogP contribution in [0.5, 0.6) is 0 Å². The highest BCUT2D eigenvalue weighted by Crippen LogP contribution is 2.30. The van der Waals surface area contributed by atoms with Crippen LogP contribution in [0, 0.1) is 0 Å². The lowest BCUT2D eigenvalue weighted by Gasteiger charge is -2.21. The van der Waals surface area contributed by atoms with E-state index in [1.807, 2.05) is 30.3 Å². The number of hydrogen-bond acceptors (Lipinski definition) is 1. The van der Waals surface area contributed by atoms with Gasteiger partial charge in [-0.05, 0) is 26.7 Å². The summed E-state index contributed by atoms with van der Waals surface area (Å²) in [6.07, 6.45) is 2.60. The largest absolute Gasteiger partial charge is 0.288 e. The van der Waals surface area contributed by atoms with Gasteiger partial charge in [0.05, 0.1) is 0 Å². The van der Waals surface area contributed by atoms with Gasteiger partial charge in [0.2, 0.25) is 5.78 Å². The zero-order chi connectivity index (χ0) is 11.6. The lowest BCUT2D eigenvalue weighted by atomic mass is 10.0. The topological polar surface area (TPSA) is 17.1 Å². The summed E-state index contributed by atoms with van der Waals surface area (Å²) in [5.41, 5.74) is 0.868. The van der Waals surface area contributed by atoms with Gasteiger partial charge in [-0.1, -0.05) is 30.3 Å². The lowest BCUT2D eigenvalue weighted by molar-refractivity contribution is 0.0956. The third kappa shape index (κ3) is 2.17. The number of carbonyl (C=O) groups is 1. The fourth-order valence-corrected chi connectivity index (χ4v) is 4.94. The van der Waals surface area contributed by atoms with Gasteiger partial charge in [-0.2, -0.15) is 0 Å². The van der Waals surface area contributed by atoms with Crippen molar-refractivity contribution in [1.82, 2.24) is 0 Å². The minimum absolute atomic E-state index is 0.169. The number of carbonyl (C=O) groups excluding carboxylic acids is 1. The van der Waals surface area contributed by atoms with E-state index in [0.29, 0.717) is 5.78 Å². The first-order valence-corrected chi connectivity index (χ1v) is 7.46. The molecular weight excluding hydrogens is 216 g/mol. The van der Waals surface area contributed by atoms with Crippen molar-refractivity contribution in [2.24, 2.45) is 0 Å². The molecule has 0 amide bonds. The Labute approximate surface area is 101 Å². The Morgan fingerprint density at radius 2 is 1.69 bits per heavy atom. The van der Waals surface area contributed by atoms with Crippen LogP contribution < -0.4 is 0 Å². The smallest absolute Gasteiger partial charge is 0.217 e. The first-order chi connectivity index (χ1) is 7.62. The minimum atomic E-state index is -0.169. The standard InChI is InChI=1S/C14H19OS/c1-14(2,16-10-6-7-11-16)13(15)12-8-4-3-5-9-12/h3-5,8-9H,6-7,10-11H2,1-2H3/q+1. The minimum Gasteiger partial charge on any atom is -0.288 e. The summed E-state index contributed by atoms with van der Waals surface area (Å²) in [4.78, 5) is 12.5. The summed E-state index contributed by atoms with van der Waals surface area (Å²) in [5, 5.41) is 0. The van der Waals surface area contributed by atoms with Crippen molar-refractivity contribution in [3.8, 4) is 0 Å². The van der Waals surface area contributed by atoms with Crippen LogP contribution in [0.1, 0.15) is 37.0 Å². The molecule has 0 N–H and O–H groups in total. The van der Waals surface area contributed by atoms with E-state index >= 15 is 0 Å². The molecule has 1 aromatic rings. The Bertz CT molecular complexity index is 364. The number of hydrogen-bond donors (Lipinski definition) is 0. The van der Waals surface area contributed by atoms with Gasteiger partial charge in [-0.25, -0.2) is 0 Å². The van der Waals surface area contributed by atoms with E-state index in [0.717, 1.165) is 5.56 Å². The molecule has 1 aliphatic rings. The molecule has 1 nitrogen and oxygen atoms in total. The molecule has 1 heterocycles. The average Bonchev–Trinajstić information content (AvgIpc) is 2.83. The molecule has 2 rings (SSSR count). The van der Waals surface area contributed by atoms with Gasteiger partial charge < -0.3 is 0 Å². The molecule has 0 unspecified atom stereocenters. The maximum atomic E-state index is 12.5. The van der Waals surface area contributed by atoms with E-state index in [2.05, 4.69) is 13.8 Å². The van der Waals surface area contributed by atoms with Gasteiger partial charge in [-0.15, -0.1) is 0 Å². The Morgan fingerprint density at radius 1 is 1.12 bits per heavy atom. The number of benzene rings is 1. The van der Waals surface area contributed by atoms with Gasteiger partial charge >= 0.3 is 0 Å². The van der Waals surface area contributed by atoms with E-state index in [-0.39, 0.29) is 15.6 Å². The summed E-state index contributed by atoms with van der Waals surface area (Å²) in [6.45, 7) is 4.24. The maximum Gasteiger partial charge on any atom is 0.217 e. The highest BCUT2D eigenvalue weighted by Gasteiger charge is 2.46. The van der Waals surface area contributed by atoms with E-state index < -0.39 is 0 Å². The van der Waals surface area contributed by atoms with Crippen molar-refractivity contribution in [2.45, 2.75) is 31.4 Å². The van der Waals surface area contributed by atoms with Gasteiger partial charge in [0.15, 0.2) is 4.75 Å². The number of Topliss-reactive ketones (excluding diaryl/α,β-unsaturated/α-hetero) is 1. The molecule has 86 valence electrons. The monoisotopic (exact) mass is 235 g/mol. The SMILES string of the molecule is CC(C)(C(=O)c1ccccc1)[S+]1CCCC1. The van der Waals surface area contributed by atoms with Crippen LogP contribution in [0.3, 0.4) is 0 Å². The van der Waals surface area contributed by atoms with Crippen molar-refractivity contribution < 1.29 is 4.79 Å². The van der Waals surface area contributed by atoms with Crippen LogP contribution >= 0.6 is 0 Å². The van der Waals surface area contributed by atoms with Crippen LogP contribution in [0.4, 0.5) is 0 Å². The van der Waals surface area contributed by atoms with Crippen LogP contribution in [0.15, 0.2) is 30.3 Å². The second-order valence-corrected chi connectivity index (χ2v) is 7.64. The van der Waals surface area contributed by atoms with Crippen molar-refractivity contribution >= 4 is 16.7 Å². The molecular formula is C14H19OS+. The predicted octanol–water partition coefficient (Wildman–Crippen LogP) is 3.06. The molecule has 0 aliphatic carbocycles. The number of ketones is 1. The van der Waals surface area contributed by atoms with Crippen LogP contribution in [0.25, 0.3) is 0 Å². The lowest BCUT2D eigenvalue weighted by Crippen LogP contribution is -2.41. The molecule has 1 saturated heterocycles. The summed E-state index contributed by atoms with van der Waals surface area (Å²) in [5.74, 6) is 2.80. The second kappa shape index (κ2) is 4.62. The van der Waals surface area contributed by atoms with E-state index in [4.69, 9.17) is 0 Å².